The van der Waals surface area contributed by atoms with Crippen molar-refractivity contribution < 1.29 is 18.1 Å². The van der Waals surface area contributed by atoms with Gasteiger partial charge in [-0.05, 0) is 18.6 Å². The van der Waals surface area contributed by atoms with Gasteiger partial charge in [-0.25, -0.2) is 0 Å². The van der Waals surface area contributed by atoms with Crippen molar-refractivity contribution >= 4 is 5.69 Å². The molecular weight excluding hydrogens is 225 g/mol. The normalized spacial score (nSPS) is 11.6. The maximum absolute atomic E-state index is 12.5. The van der Waals surface area contributed by atoms with Crippen molar-refractivity contribution in [2.24, 2.45) is 5.73 Å². The van der Waals surface area contributed by atoms with E-state index in [9.17, 15) is 23.3 Å². The second-order valence-corrected chi connectivity index (χ2v) is 3.25. The first kappa shape index (κ1) is 12.4. The topological polar surface area (TPSA) is 69.2 Å². The van der Waals surface area contributed by atoms with Crippen LogP contribution < -0.4 is 5.73 Å². The van der Waals surface area contributed by atoms with Gasteiger partial charge >= 0.3 is 6.18 Å². The summed E-state index contributed by atoms with van der Waals surface area (Å²) in [6.45, 7) is 1.06. The quantitative estimate of drug-likeness (QED) is 0.630. The molecule has 0 bridgehead atoms. The average molecular weight is 234 g/mol. The fourth-order valence-electron chi connectivity index (χ4n) is 1.39. The number of alkyl halides is 3. The fraction of sp³-hybridized carbons (Fsp3) is 0.333. The van der Waals surface area contributed by atoms with Crippen molar-refractivity contribution in [3.05, 3.63) is 38.9 Å². The van der Waals surface area contributed by atoms with Crippen LogP contribution in [0.1, 0.15) is 16.7 Å². The molecule has 0 saturated heterocycles. The smallest absolute Gasteiger partial charge is 0.326 e. The minimum atomic E-state index is -4.63. The molecule has 7 heteroatoms. The summed E-state index contributed by atoms with van der Waals surface area (Å²) in [5, 5.41) is 10.5. The highest BCUT2D eigenvalue weighted by Crippen LogP contribution is 2.35. The Morgan fingerprint density at radius 2 is 2.00 bits per heavy atom. The Bertz CT molecular complexity index is 429. The fourth-order valence-corrected chi connectivity index (χ4v) is 1.39. The SMILES string of the molecule is Cc1cc(CN)c(C(F)(F)F)cc1[N+](=O)[O-]. The zero-order valence-corrected chi connectivity index (χ0v) is 8.34. The van der Waals surface area contributed by atoms with Crippen LogP contribution in [0.15, 0.2) is 12.1 Å². The Balaban J connectivity index is 3.47. The summed E-state index contributed by atoms with van der Waals surface area (Å²) in [6, 6.07) is 1.62. The first-order valence-corrected chi connectivity index (χ1v) is 4.32. The van der Waals surface area contributed by atoms with Crippen molar-refractivity contribution in [1.82, 2.24) is 0 Å². The van der Waals surface area contributed by atoms with E-state index in [0.29, 0.717) is 6.07 Å². The van der Waals surface area contributed by atoms with E-state index in [0.717, 1.165) is 6.07 Å². The number of aryl methyl sites for hydroxylation is 1. The van der Waals surface area contributed by atoms with E-state index in [1.165, 1.54) is 6.92 Å². The third kappa shape index (κ3) is 2.30. The van der Waals surface area contributed by atoms with Gasteiger partial charge in [-0.1, -0.05) is 0 Å². The predicted molar refractivity (Wildman–Crippen MR) is 50.7 cm³/mol. The van der Waals surface area contributed by atoms with Crippen LogP contribution in [0.5, 0.6) is 0 Å². The van der Waals surface area contributed by atoms with Crippen LogP contribution in [0, 0.1) is 17.0 Å². The molecule has 16 heavy (non-hydrogen) atoms. The summed E-state index contributed by atoms with van der Waals surface area (Å²) in [7, 11) is 0. The molecule has 1 aromatic carbocycles. The lowest BCUT2D eigenvalue weighted by molar-refractivity contribution is -0.385. The first-order chi connectivity index (χ1) is 7.27. The van der Waals surface area contributed by atoms with Gasteiger partial charge in [-0.15, -0.1) is 0 Å². The highest BCUT2D eigenvalue weighted by atomic mass is 19.4. The summed E-state index contributed by atoms with van der Waals surface area (Å²) in [5.74, 6) is 0. The third-order valence-electron chi connectivity index (χ3n) is 2.14. The Morgan fingerprint density at radius 1 is 1.44 bits per heavy atom. The van der Waals surface area contributed by atoms with Gasteiger partial charge in [0.2, 0.25) is 0 Å². The number of nitrogens with two attached hydrogens (primary N) is 1. The second-order valence-electron chi connectivity index (χ2n) is 3.25. The molecule has 1 aromatic rings. The minimum Gasteiger partial charge on any atom is -0.326 e. The molecule has 0 heterocycles. The number of nitrogens with zero attached hydrogens (tertiary/aromatic N) is 1. The zero-order valence-electron chi connectivity index (χ0n) is 8.34. The van der Waals surface area contributed by atoms with E-state index in [-0.39, 0.29) is 17.7 Å². The monoisotopic (exact) mass is 234 g/mol. The van der Waals surface area contributed by atoms with Crippen LogP contribution in [-0.4, -0.2) is 4.92 Å². The van der Waals surface area contributed by atoms with Crippen molar-refractivity contribution in [3.63, 3.8) is 0 Å². The molecule has 0 aliphatic rings. The lowest BCUT2D eigenvalue weighted by Crippen LogP contribution is -2.13. The van der Waals surface area contributed by atoms with Crippen LogP contribution >= 0.6 is 0 Å². The molecule has 4 nitrogen and oxygen atoms in total. The van der Waals surface area contributed by atoms with E-state index >= 15 is 0 Å². The van der Waals surface area contributed by atoms with E-state index in [4.69, 9.17) is 5.73 Å². The second kappa shape index (κ2) is 4.09. The van der Waals surface area contributed by atoms with Crippen molar-refractivity contribution in [2.75, 3.05) is 0 Å². The molecular formula is C9H9F3N2O2. The number of nitro groups is 1. The standard InChI is InChI=1S/C9H9F3N2O2/c1-5-2-6(4-13)7(9(10,11)12)3-8(5)14(15)16/h2-3H,4,13H2,1H3. The van der Waals surface area contributed by atoms with E-state index in [2.05, 4.69) is 0 Å². The maximum Gasteiger partial charge on any atom is 0.416 e. The number of hydrogen-bond donors (Lipinski definition) is 1. The van der Waals surface area contributed by atoms with Gasteiger partial charge in [-0.2, -0.15) is 13.2 Å². The van der Waals surface area contributed by atoms with Gasteiger partial charge in [0.05, 0.1) is 10.5 Å². The predicted octanol–water partition coefficient (Wildman–Crippen LogP) is 2.38. The molecule has 0 saturated carbocycles. The van der Waals surface area contributed by atoms with Gasteiger partial charge in [-0.3, -0.25) is 10.1 Å². The molecule has 88 valence electrons. The molecule has 0 unspecified atom stereocenters. The lowest BCUT2D eigenvalue weighted by Gasteiger charge is -2.12. The summed E-state index contributed by atoms with van der Waals surface area (Å²) < 4.78 is 37.6. The van der Waals surface area contributed by atoms with Crippen molar-refractivity contribution in [2.45, 2.75) is 19.6 Å². The number of hydrogen-bond acceptors (Lipinski definition) is 3. The van der Waals surface area contributed by atoms with Gasteiger partial charge in [0.15, 0.2) is 0 Å². The average Bonchev–Trinajstić information content (AvgIpc) is 2.14. The molecule has 0 atom stereocenters. The Morgan fingerprint density at radius 3 is 2.38 bits per heavy atom. The van der Waals surface area contributed by atoms with Crippen molar-refractivity contribution in [1.29, 1.82) is 0 Å². The van der Waals surface area contributed by atoms with Gasteiger partial charge in [0, 0.05) is 18.2 Å². The molecule has 0 fully saturated rings. The number of rotatable bonds is 2. The number of halogens is 3. The van der Waals surface area contributed by atoms with Crippen LogP contribution in [0.2, 0.25) is 0 Å². The first-order valence-electron chi connectivity index (χ1n) is 4.32. The molecule has 0 aromatic heterocycles. The van der Waals surface area contributed by atoms with Crippen LogP contribution in [0.4, 0.5) is 18.9 Å². The highest BCUT2D eigenvalue weighted by molar-refractivity contribution is 5.47. The van der Waals surface area contributed by atoms with Gasteiger partial charge in [0.25, 0.3) is 5.69 Å². The highest BCUT2D eigenvalue weighted by Gasteiger charge is 2.35. The summed E-state index contributed by atoms with van der Waals surface area (Å²) >= 11 is 0. The summed E-state index contributed by atoms with van der Waals surface area (Å²) in [4.78, 5) is 9.67. The molecule has 0 amide bonds. The van der Waals surface area contributed by atoms with Crippen LogP contribution in [0.3, 0.4) is 0 Å². The molecule has 0 aliphatic carbocycles. The Labute approximate surface area is 89.0 Å². The largest absolute Gasteiger partial charge is 0.416 e. The third-order valence-corrected chi connectivity index (χ3v) is 2.14. The summed E-state index contributed by atoms with van der Waals surface area (Å²) in [5.41, 5.74) is 3.59. The van der Waals surface area contributed by atoms with E-state index in [1.807, 2.05) is 0 Å². The summed E-state index contributed by atoms with van der Waals surface area (Å²) in [6.07, 6.45) is -4.63. The number of nitro benzene ring substituents is 1. The van der Waals surface area contributed by atoms with Crippen LogP contribution in [-0.2, 0) is 12.7 Å². The molecule has 2 N–H and O–H groups in total. The van der Waals surface area contributed by atoms with Crippen molar-refractivity contribution in [3.8, 4) is 0 Å². The lowest BCUT2D eigenvalue weighted by atomic mass is 10.0. The molecule has 0 aliphatic heterocycles. The van der Waals surface area contributed by atoms with Crippen LogP contribution in [0.25, 0.3) is 0 Å². The Kier molecular flexibility index (Phi) is 3.18. The van der Waals surface area contributed by atoms with E-state index in [1.54, 1.807) is 0 Å². The minimum absolute atomic E-state index is 0.143. The molecule has 0 spiro atoms. The van der Waals surface area contributed by atoms with Gasteiger partial charge < -0.3 is 5.73 Å². The molecule has 0 radical (unpaired) electrons. The van der Waals surface area contributed by atoms with Gasteiger partial charge in [0.1, 0.15) is 0 Å². The Hall–Kier alpha value is -1.63. The number of benzene rings is 1. The van der Waals surface area contributed by atoms with E-state index < -0.39 is 22.4 Å². The molecule has 1 rings (SSSR count). The zero-order chi connectivity index (χ0) is 12.5. The maximum atomic E-state index is 12.5.